The number of fused-ring (bicyclic) bond motifs is 19. The van der Waals surface area contributed by atoms with Gasteiger partial charge < -0.3 is 14.2 Å². The summed E-state index contributed by atoms with van der Waals surface area (Å²) in [7, 11) is 0. The van der Waals surface area contributed by atoms with Crippen molar-refractivity contribution in [3.05, 3.63) is 568 Å². The van der Waals surface area contributed by atoms with E-state index in [9.17, 15) is 17.8 Å². The zero-order chi connectivity index (χ0) is 118. The van der Waals surface area contributed by atoms with Crippen LogP contribution in [0.1, 0.15) is 62.4 Å². The summed E-state index contributed by atoms with van der Waals surface area (Å²) in [5, 5.41) is 16.3. The van der Waals surface area contributed by atoms with Crippen LogP contribution in [0, 0.1) is 0 Å². The zero-order valence-electron chi connectivity index (χ0n) is 104. The Morgan fingerprint density at radius 2 is 0.557 bits per heavy atom. The second-order valence-corrected chi connectivity index (χ2v) is 34.2. The van der Waals surface area contributed by atoms with Gasteiger partial charge in [0.1, 0.15) is 11.2 Å². The van der Waals surface area contributed by atoms with E-state index in [0.717, 1.165) is 56.1 Å². The monoisotopic (exact) mass is 1810 g/mol. The quantitative estimate of drug-likeness (QED) is 0.0753. The highest BCUT2D eigenvalue weighted by atomic mass is 16.3. The third kappa shape index (κ3) is 16.0. The molecule has 0 atom stereocenters. The summed E-state index contributed by atoms with van der Waals surface area (Å²) in [5.74, 6) is -2.45. The number of para-hydroxylation sites is 1. The van der Waals surface area contributed by atoms with Crippen molar-refractivity contribution in [2.24, 2.45) is 0 Å². The van der Waals surface area contributed by atoms with Crippen LogP contribution in [-0.2, 0) is 0 Å². The Morgan fingerprint density at radius 3 is 1.21 bits per heavy atom. The Kier molecular flexibility index (Phi) is 15.2. The molecule has 0 saturated carbocycles. The molecule has 0 bridgehead atoms. The second-order valence-electron chi connectivity index (χ2n) is 34.2. The van der Waals surface area contributed by atoms with Crippen LogP contribution in [0.2, 0.25) is 0 Å². The van der Waals surface area contributed by atoms with Crippen LogP contribution >= 0.6 is 0 Å². The third-order valence-corrected chi connectivity index (χ3v) is 26.0. The molecule has 26 aromatic carbocycles. The van der Waals surface area contributed by atoms with Gasteiger partial charge in [-0.2, -0.15) is 0 Å². The molecule has 0 unspecified atom stereocenters. The van der Waals surface area contributed by atoms with Crippen molar-refractivity contribution in [3.8, 4) is 66.8 Å². The van der Waals surface area contributed by atoms with Gasteiger partial charge in [0.05, 0.1) is 39.8 Å². The molecule has 0 fully saturated rings. The summed E-state index contributed by atoms with van der Waals surface area (Å²) in [6.45, 7) is 0. The molecule has 3 heteroatoms. The maximum atomic E-state index is 9.75. The van der Waals surface area contributed by atoms with Gasteiger partial charge in [-0.25, -0.2) is 0 Å². The Morgan fingerprint density at radius 1 is 0.164 bits per heavy atom. The van der Waals surface area contributed by atoms with Crippen molar-refractivity contribution in [3.63, 3.8) is 0 Å². The first-order chi connectivity index (χ1) is 81.5. The van der Waals surface area contributed by atoms with E-state index in [4.69, 9.17) is 26.3 Å². The van der Waals surface area contributed by atoms with Crippen molar-refractivity contribution in [1.29, 1.82) is 0 Å². The predicted octanol–water partition coefficient (Wildman–Crippen LogP) is 38.6. The van der Waals surface area contributed by atoms with Crippen LogP contribution in [0.5, 0.6) is 0 Å². The molecule has 3 nitrogen and oxygen atoms in total. The molecule has 0 amide bonds. The largest absolute Gasteiger partial charge is 0.456 e. The van der Waals surface area contributed by atoms with Gasteiger partial charge in [-0.3, -0.25) is 0 Å². The molecule has 0 radical (unpaired) electrons. The lowest BCUT2D eigenvalue weighted by atomic mass is 9.83. The molecule has 0 aliphatic carbocycles. The summed E-state index contributed by atoms with van der Waals surface area (Å²) in [6, 6.07) is 108. The predicted molar refractivity (Wildman–Crippen MR) is 597 cm³/mol. The van der Waals surface area contributed by atoms with Gasteiger partial charge in [-0.1, -0.05) is 454 Å². The van der Waals surface area contributed by atoms with E-state index in [2.05, 4.69) is 374 Å². The number of nitrogens with zero attached hydrogens (tertiary/aromatic N) is 2. The van der Waals surface area contributed by atoms with Crippen molar-refractivity contribution in [2.75, 3.05) is 9.80 Å². The number of benzene rings is 26. The Labute approximate surface area is 854 Å². The van der Waals surface area contributed by atoms with Crippen LogP contribution in [-0.4, -0.2) is 0 Å². The van der Waals surface area contributed by atoms with Crippen molar-refractivity contribution in [1.82, 2.24) is 0 Å². The van der Waals surface area contributed by atoms with E-state index in [1.54, 1.807) is 0 Å². The fourth-order valence-electron chi connectivity index (χ4n) is 19.2. The highest BCUT2D eigenvalue weighted by molar-refractivity contribution is 6.23. The lowest BCUT2D eigenvalue weighted by molar-refractivity contribution is 0.669. The van der Waals surface area contributed by atoms with E-state index in [-0.39, 0.29) is 0 Å². The Hall–Kier alpha value is -18.3. The number of rotatable bonds is 15. The summed E-state index contributed by atoms with van der Waals surface area (Å²) in [5.41, 5.74) is 11.9. The first-order valence-corrected chi connectivity index (χ1v) is 45.9. The number of hydrogen-bond acceptors (Lipinski definition) is 3. The van der Waals surface area contributed by atoms with E-state index >= 15 is 0 Å². The van der Waals surface area contributed by atoms with Crippen LogP contribution in [0.25, 0.3) is 196 Å². The lowest BCUT2D eigenvalue weighted by Gasteiger charge is -2.26. The summed E-state index contributed by atoms with van der Waals surface area (Å²) < 4.78 is 263. The zero-order valence-corrected chi connectivity index (χ0v) is 74.7. The molecule has 1 aromatic heterocycles. The van der Waals surface area contributed by atoms with Gasteiger partial charge >= 0.3 is 0 Å². The molecule has 27 rings (SSSR count). The van der Waals surface area contributed by atoms with E-state index in [0.29, 0.717) is 0 Å². The Balaban J connectivity index is 0.000000131. The van der Waals surface area contributed by atoms with Crippen molar-refractivity contribution < 1.29 is 44.2 Å². The molecule has 0 saturated heterocycles. The first kappa shape index (κ1) is 58.1. The minimum atomic E-state index is -2.45. The molecule has 0 aliphatic heterocycles. The normalized spacial score (nSPS) is 14.4. The van der Waals surface area contributed by atoms with Gasteiger partial charge in [0, 0.05) is 56.9 Å². The number of anilines is 6. The topological polar surface area (TPSA) is 19.6 Å². The van der Waals surface area contributed by atoms with E-state index < -0.39 is 252 Å². The first-order valence-electron chi connectivity index (χ1n) is 60.4. The van der Waals surface area contributed by atoms with Crippen molar-refractivity contribution >= 4 is 164 Å². The van der Waals surface area contributed by atoms with Crippen LogP contribution < -0.4 is 9.80 Å². The maximum absolute atomic E-state index is 9.75. The number of hydrogen-bond donors (Lipinski definition) is 0. The molecule has 0 aliphatic rings. The molecule has 27 aromatic rings. The van der Waals surface area contributed by atoms with Gasteiger partial charge in [0.2, 0.25) is 0 Å². The minimum absolute atomic E-state index is 0.498. The standard InChI is InChI=1S/C48H33N.C46H29NO.C43H30/c1-4-12-34(13-5-1)36-20-26-40(27-21-36)49(41-28-22-37(23-29-41)35-14-6-2-7-15-35)42-30-24-39-25-31-45-43-18-10-11-19-44(43)47(33-48(45)46(39)32-42)38-16-8-3-9-17-38;1-2-10-33-26-37(21-18-30(33)8-1)47(38-22-25-43-42-14-5-6-15-45(42)48-46(43)29-38)36-12-7-11-34(27-36)35-17-16-32-20-23-40-39-13-4-3-9-31(39)19-24-41(40)44(32)28-35;1-3-9-30(10-4-1)32-15-19-35(20-16-32)43(36-21-17-33(18-22-36)31-11-5-2-6-12-31)38-25-26-40-37(29-38)24-28-41-39-14-8-7-13-34(39)23-27-42(40)41/h1-33H;1-29H;1-29,43H/i;;1D,2D,3D,4D,5D,6D,7D,8D,9D,10D,11D,12D,13D,14D,15D,16D,17D,18D,19D,20D,21D,22D,23D,24D,25D,26D,27D,28D,29D. The highest BCUT2D eigenvalue weighted by Crippen LogP contribution is 2.47. The van der Waals surface area contributed by atoms with Crippen molar-refractivity contribution in [2.45, 2.75) is 5.92 Å². The summed E-state index contributed by atoms with van der Waals surface area (Å²) in [4.78, 5) is 4.71. The maximum Gasteiger partial charge on any atom is 0.137 e. The second kappa shape index (κ2) is 36.5. The van der Waals surface area contributed by atoms with Gasteiger partial charge in [-0.05, 0) is 282 Å². The molecule has 140 heavy (non-hydrogen) atoms. The molecular weight excluding hydrogens is 1690 g/mol. The highest BCUT2D eigenvalue weighted by Gasteiger charge is 2.24. The number of furan rings is 1. The Bertz CT molecular complexity index is 11000. The average molecular weight is 1810 g/mol. The van der Waals surface area contributed by atoms with Gasteiger partial charge in [0.25, 0.3) is 0 Å². The van der Waals surface area contributed by atoms with Gasteiger partial charge in [0.15, 0.2) is 0 Å². The summed E-state index contributed by atoms with van der Waals surface area (Å²) in [6.07, 6.45) is 0. The molecular formula is C137H92N2O. The van der Waals surface area contributed by atoms with Gasteiger partial charge in [-0.15, -0.1) is 0 Å². The van der Waals surface area contributed by atoms with E-state index in [1.807, 2.05) is 12.1 Å². The third-order valence-electron chi connectivity index (χ3n) is 26.0. The van der Waals surface area contributed by atoms with Crippen LogP contribution in [0.15, 0.2) is 556 Å². The fourth-order valence-corrected chi connectivity index (χ4v) is 19.2. The fraction of sp³-hybridized carbons (Fsp3) is 0.00730. The minimum Gasteiger partial charge on any atom is -0.456 e. The van der Waals surface area contributed by atoms with Crippen LogP contribution in [0.4, 0.5) is 34.1 Å². The van der Waals surface area contributed by atoms with Crippen LogP contribution in [0.3, 0.4) is 0 Å². The smallest absolute Gasteiger partial charge is 0.137 e. The molecule has 0 N–H and O–H groups in total. The van der Waals surface area contributed by atoms with E-state index in [1.165, 1.54) is 120 Å². The molecule has 0 spiro atoms. The molecule has 656 valence electrons. The lowest BCUT2D eigenvalue weighted by Crippen LogP contribution is -2.10. The average Bonchev–Trinajstić information content (AvgIpc) is 1.07. The molecule has 1 heterocycles. The summed E-state index contributed by atoms with van der Waals surface area (Å²) >= 11 is 0. The SMILES string of the molecule is [2H]c1c([2H])c([2H])c(-c2c([2H])c([2H])c(C(c3c([2H])c([2H])c(-c4c([2H])c([2H])c([2H])c([2H])c4[2H])c([2H])c3[2H])c3c([2H])c([2H])c4c(c3[2H])c([2H])c([2H])c3c5c([2H])c([2H])c([2H])c([2H])c5c([2H])c([2H])c43)c([2H])c2[2H])c([2H])c1[2H].c1cc(-c2ccc3ccc4c5ccccc5ccc4c3c2)cc(N(c2ccc3ccccc3c2)c2ccc3c(c2)oc2ccccc23)c1.c1ccc(-c2ccc(N(c3ccc(-c4ccccc4)cc3)c3ccc4ccc5c6ccccc6c(-c6ccccc6)cc5c4c3)cc2)cc1.